The Morgan fingerprint density at radius 2 is 1.89 bits per heavy atom. The quantitative estimate of drug-likeness (QED) is 0.270. The van der Waals surface area contributed by atoms with Crippen LogP contribution in [-0.4, -0.2) is 44.6 Å². The normalized spacial score (nSPS) is 17.9. The van der Waals surface area contributed by atoms with E-state index in [1.54, 1.807) is 6.07 Å². The lowest BCUT2D eigenvalue weighted by atomic mass is 9.91. The highest BCUT2D eigenvalue weighted by Gasteiger charge is 2.34. The second-order valence-corrected chi connectivity index (χ2v) is 11.1. The lowest BCUT2D eigenvalue weighted by Gasteiger charge is -2.40. The third kappa shape index (κ3) is 6.20. The van der Waals surface area contributed by atoms with Gasteiger partial charge in [0.2, 0.25) is 5.95 Å². The Hall–Kier alpha value is -2.61. The lowest BCUT2D eigenvalue weighted by molar-refractivity contribution is 0.00470. The van der Waals surface area contributed by atoms with Crippen LogP contribution in [0.15, 0.2) is 53.4 Å². The van der Waals surface area contributed by atoms with Crippen molar-refractivity contribution in [3.05, 3.63) is 70.4 Å². The predicted octanol–water partition coefficient (Wildman–Crippen LogP) is 6.54. The van der Waals surface area contributed by atoms with Crippen molar-refractivity contribution in [1.82, 2.24) is 14.9 Å². The molecular formula is C28H33ClN4O2S. The number of aliphatic hydroxyl groups is 1. The molecule has 1 amide bonds. The molecule has 1 saturated heterocycles. The van der Waals surface area contributed by atoms with Gasteiger partial charge in [0.05, 0.1) is 17.8 Å². The summed E-state index contributed by atoms with van der Waals surface area (Å²) in [6.45, 7) is 9.01. The van der Waals surface area contributed by atoms with Gasteiger partial charge >= 0.3 is 0 Å². The molecule has 0 bridgehead atoms. The van der Waals surface area contributed by atoms with E-state index in [2.05, 4.69) is 54.5 Å². The smallest absolute Gasteiger partial charge is 0.254 e. The van der Waals surface area contributed by atoms with Gasteiger partial charge in [-0.1, -0.05) is 49.7 Å². The number of anilines is 1. The molecule has 0 radical (unpaired) electrons. The summed E-state index contributed by atoms with van der Waals surface area (Å²) < 4.78 is 3.18. The van der Waals surface area contributed by atoms with Crippen LogP contribution >= 0.6 is 23.5 Å². The van der Waals surface area contributed by atoms with Crippen LogP contribution in [0.4, 0.5) is 5.95 Å². The van der Waals surface area contributed by atoms with Crippen molar-refractivity contribution in [1.29, 1.82) is 0 Å². The molecule has 2 heterocycles. The molecule has 36 heavy (non-hydrogen) atoms. The molecular weight excluding hydrogens is 492 g/mol. The number of aryl methyl sites for hydroxylation is 2. The highest BCUT2D eigenvalue weighted by Crippen LogP contribution is 2.30. The Morgan fingerprint density at radius 1 is 1.17 bits per heavy atom. The summed E-state index contributed by atoms with van der Waals surface area (Å²) >= 11 is 7.66. The molecule has 1 aliphatic heterocycles. The number of rotatable bonds is 7. The van der Waals surface area contributed by atoms with E-state index in [1.165, 1.54) is 11.9 Å². The van der Waals surface area contributed by atoms with Crippen molar-refractivity contribution < 1.29 is 9.90 Å². The number of nitrogens with one attached hydrogen (secondary N) is 1. The summed E-state index contributed by atoms with van der Waals surface area (Å²) in [6, 6.07) is 15.2. The van der Waals surface area contributed by atoms with Crippen LogP contribution in [-0.2, 0) is 0 Å². The fourth-order valence-electron chi connectivity index (χ4n) is 4.83. The minimum atomic E-state index is -0.476. The number of hydrogen-bond acceptors (Lipinski definition) is 6. The molecule has 6 nitrogen and oxygen atoms in total. The Morgan fingerprint density at radius 3 is 2.61 bits per heavy atom. The van der Waals surface area contributed by atoms with Gasteiger partial charge in [0.1, 0.15) is 5.15 Å². The van der Waals surface area contributed by atoms with E-state index >= 15 is 0 Å². The summed E-state index contributed by atoms with van der Waals surface area (Å²) in [4.78, 5) is 25.1. The largest absolute Gasteiger partial charge is 0.391 e. The van der Waals surface area contributed by atoms with Crippen molar-refractivity contribution in [2.24, 2.45) is 5.92 Å². The minimum absolute atomic E-state index is 0.0434. The van der Waals surface area contributed by atoms with E-state index in [1.807, 2.05) is 35.2 Å². The third-order valence-corrected chi connectivity index (χ3v) is 7.46. The van der Waals surface area contributed by atoms with Gasteiger partial charge in [0.25, 0.3) is 5.91 Å². The summed E-state index contributed by atoms with van der Waals surface area (Å²) in [5.41, 5.74) is 4.65. The maximum absolute atomic E-state index is 13.4. The van der Waals surface area contributed by atoms with Gasteiger partial charge in [-0.05, 0) is 80.3 Å². The van der Waals surface area contributed by atoms with Crippen LogP contribution < -0.4 is 4.72 Å². The first-order chi connectivity index (χ1) is 17.2. The first kappa shape index (κ1) is 26.5. The Labute approximate surface area is 222 Å². The van der Waals surface area contributed by atoms with Crippen molar-refractivity contribution >= 4 is 35.4 Å². The summed E-state index contributed by atoms with van der Waals surface area (Å²) in [6.07, 6.45) is 1.87. The van der Waals surface area contributed by atoms with Gasteiger partial charge in [0, 0.05) is 28.6 Å². The van der Waals surface area contributed by atoms with Crippen LogP contribution in [0.1, 0.15) is 54.6 Å². The first-order valence-electron chi connectivity index (χ1n) is 12.4. The minimum Gasteiger partial charge on any atom is -0.391 e. The fraction of sp³-hybridized carbons (Fsp3) is 0.393. The van der Waals surface area contributed by atoms with Gasteiger partial charge in [-0.15, -0.1) is 0 Å². The summed E-state index contributed by atoms with van der Waals surface area (Å²) in [5, 5.41) is 10.9. The molecule has 4 rings (SSSR count). The SMILES string of the molecule is Cc1cccc(C)c1-c1cc(Cl)nc(NSc2cccc(C(=O)N3CCCC(O)C3CC(C)C)c2)n1. The van der Waals surface area contributed by atoms with Gasteiger partial charge in [-0.3, -0.25) is 9.52 Å². The number of carbonyl (C=O) groups excluding carboxylic acids is 1. The molecule has 1 aliphatic rings. The van der Waals surface area contributed by atoms with E-state index in [0.717, 1.165) is 46.5 Å². The highest BCUT2D eigenvalue weighted by molar-refractivity contribution is 8.00. The molecule has 0 spiro atoms. The number of amides is 1. The maximum Gasteiger partial charge on any atom is 0.254 e. The fourth-order valence-corrected chi connectivity index (χ4v) is 5.65. The number of nitrogens with zero attached hydrogens (tertiary/aromatic N) is 3. The maximum atomic E-state index is 13.4. The molecule has 0 saturated carbocycles. The molecule has 1 aromatic heterocycles. The Kier molecular flexibility index (Phi) is 8.54. The Balaban J connectivity index is 1.51. The topological polar surface area (TPSA) is 78.4 Å². The van der Waals surface area contributed by atoms with E-state index in [0.29, 0.717) is 29.1 Å². The average Bonchev–Trinajstić information content (AvgIpc) is 2.83. The standard InChI is InChI=1S/C28H33ClN4O2S/c1-17(2)14-23-24(34)12-7-13-33(23)27(35)20-10-6-11-21(15-20)36-32-28-30-22(16-25(29)31-28)26-18(3)8-5-9-19(26)4/h5-6,8-11,15-17,23-24,34H,7,12-14H2,1-4H3,(H,30,31,32). The molecule has 0 aliphatic carbocycles. The monoisotopic (exact) mass is 524 g/mol. The number of halogens is 1. The molecule has 1 fully saturated rings. The van der Waals surface area contributed by atoms with Crippen LogP contribution in [0.3, 0.4) is 0 Å². The zero-order valence-corrected chi connectivity index (χ0v) is 22.7. The number of aromatic nitrogens is 2. The zero-order chi connectivity index (χ0) is 25.8. The van der Waals surface area contributed by atoms with Crippen molar-refractivity contribution in [2.75, 3.05) is 11.3 Å². The van der Waals surface area contributed by atoms with Crippen LogP contribution in [0.2, 0.25) is 5.15 Å². The molecule has 190 valence electrons. The molecule has 2 aromatic carbocycles. The number of benzene rings is 2. The lowest BCUT2D eigenvalue weighted by Crippen LogP contribution is -2.51. The summed E-state index contributed by atoms with van der Waals surface area (Å²) in [5.74, 6) is 0.756. The second-order valence-electron chi connectivity index (χ2n) is 9.80. The van der Waals surface area contributed by atoms with Gasteiger partial charge in [-0.25, -0.2) is 9.97 Å². The highest BCUT2D eigenvalue weighted by atomic mass is 35.5. The predicted molar refractivity (Wildman–Crippen MR) is 147 cm³/mol. The van der Waals surface area contributed by atoms with Gasteiger partial charge in [-0.2, -0.15) is 0 Å². The van der Waals surface area contributed by atoms with E-state index in [4.69, 9.17) is 11.6 Å². The second kappa shape index (κ2) is 11.6. The van der Waals surface area contributed by atoms with E-state index in [9.17, 15) is 9.90 Å². The molecule has 8 heteroatoms. The zero-order valence-electron chi connectivity index (χ0n) is 21.2. The van der Waals surface area contributed by atoms with Crippen LogP contribution in [0.25, 0.3) is 11.3 Å². The number of aliphatic hydroxyl groups excluding tert-OH is 1. The molecule has 2 unspecified atom stereocenters. The number of piperidine rings is 1. The molecule has 2 N–H and O–H groups in total. The van der Waals surface area contributed by atoms with Crippen molar-refractivity contribution in [3.8, 4) is 11.3 Å². The van der Waals surface area contributed by atoms with Crippen molar-refractivity contribution in [2.45, 2.75) is 64.0 Å². The van der Waals surface area contributed by atoms with Crippen LogP contribution in [0, 0.1) is 19.8 Å². The number of hydrogen-bond donors (Lipinski definition) is 2. The van der Waals surface area contributed by atoms with Gasteiger partial charge < -0.3 is 10.0 Å². The van der Waals surface area contributed by atoms with E-state index < -0.39 is 6.10 Å². The number of carbonyl (C=O) groups is 1. The van der Waals surface area contributed by atoms with Crippen molar-refractivity contribution in [3.63, 3.8) is 0 Å². The third-order valence-electron chi connectivity index (χ3n) is 6.49. The average molecular weight is 525 g/mol. The van der Waals surface area contributed by atoms with Gasteiger partial charge in [0.15, 0.2) is 0 Å². The van der Waals surface area contributed by atoms with E-state index in [-0.39, 0.29) is 11.9 Å². The molecule has 2 atom stereocenters. The Bertz CT molecular complexity index is 1220. The van der Waals surface area contributed by atoms with Crippen LogP contribution in [0.5, 0.6) is 0 Å². The molecule has 3 aromatic rings. The first-order valence-corrected chi connectivity index (χ1v) is 13.6. The summed E-state index contributed by atoms with van der Waals surface area (Å²) in [7, 11) is 0. The number of likely N-dealkylation sites (tertiary alicyclic amines) is 1.